The maximum Gasteiger partial charge on any atom is 0.132 e. The third kappa shape index (κ3) is 4.50. The number of pyridine rings is 1. The number of allylic oxidation sites excluding steroid dienone is 3. The zero-order chi connectivity index (χ0) is 21.0. The molecular weight excluding hydrogens is 387 g/mol. The fourth-order valence-corrected chi connectivity index (χ4v) is 3.77. The average molecular weight is 411 g/mol. The van der Waals surface area contributed by atoms with Gasteiger partial charge >= 0.3 is 0 Å². The molecule has 1 aromatic carbocycles. The van der Waals surface area contributed by atoms with Crippen molar-refractivity contribution in [2.24, 2.45) is 7.05 Å². The molecule has 0 aliphatic carbocycles. The summed E-state index contributed by atoms with van der Waals surface area (Å²) in [5.41, 5.74) is 3.26. The summed E-state index contributed by atoms with van der Waals surface area (Å²) >= 11 is 5.94. The van der Waals surface area contributed by atoms with Crippen molar-refractivity contribution >= 4 is 11.6 Å². The first-order valence-corrected chi connectivity index (χ1v) is 9.82. The predicted molar refractivity (Wildman–Crippen MR) is 116 cm³/mol. The number of aryl methyl sites for hydroxylation is 1. The molecule has 29 heavy (non-hydrogen) atoms. The Balaban J connectivity index is 2.21. The van der Waals surface area contributed by atoms with Crippen molar-refractivity contribution in [3.05, 3.63) is 101 Å². The molecule has 150 valence electrons. The van der Waals surface area contributed by atoms with Gasteiger partial charge in [-0.1, -0.05) is 42.8 Å². The summed E-state index contributed by atoms with van der Waals surface area (Å²) in [7, 11) is 1.91. The smallest absolute Gasteiger partial charge is 0.132 e. The number of hydrogen-bond donors (Lipinski definition) is 1. The Morgan fingerprint density at radius 1 is 1.31 bits per heavy atom. The van der Waals surface area contributed by atoms with Gasteiger partial charge in [0, 0.05) is 64.5 Å². The first kappa shape index (κ1) is 21.0. The van der Waals surface area contributed by atoms with Crippen molar-refractivity contribution < 1.29 is 9.50 Å². The monoisotopic (exact) mass is 410 g/mol. The summed E-state index contributed by atoms with van der Waals surface area (Å²) in [6.45, 7) is 5.79. The highest BCUT2D eigenvalue weighted by Gasteiger charge is 2.26. The van der Waals surface area contributed by atoms with Crippen LogP contribution in [0.2, 0.25) is 5.02 Å². The largest absolute Gasteiger partial charge is 0.384 e. The van der Waals surface area contributed by atoms with E-state index >= 15 is 0 Å². The number of hydrogen-bond acceptors (Lipinski definition) is 2. The van der Waals surface area contributed by atoms with Gasteiger partial charge < -0.3 is 9.67 Å². The van der Waals surface area contributed by atoms with E-state index in [1.165, 1.54) is 6.07 Å². The van der Waals surface area contributed by atoms with Crippen LogP contribution in [0.15, 0.2) is 73.7 Å². The number of aliphatic hydroxyl groups is 1. The normalized spacial score (nSPS) is 13.6. The summed E-state index contributed by atoms with van der Waals surface area (Å²) in [6.07, 6.45) is 10.9. The molecule has 3 aromatic rings. The fourth-order valence-electron chi connectivity index (χ4n) is 3.61. The molecular formula is C24H24ClFN2O. The van der Waals surface area contributed by atoms with E-state index in [-0.39, 0.29) is 5.92 Å². The van der Waals surface area contributed by atoms with Gasteiger partial charge in [0.2, 0.25) is 0 Å². The van der Waals surface area contributed by atoms with E-state index in [4.69, 9.17) is 11.6 Å². The van der Waals surface area contributed by atoms with Crippen LogP contribution in [0.3, 0.4) is 0 Å². The van der Waals surface area contributed by atoms with Crippen molar-refractivity contribution in [1.82, 2.24) is 9.55 Å². The minimum atomic E-state index is -0.944. The van der Waals surface area contributed by atoms with E-state index in [1.807, 2.05) is 36.0 Å². The molecule has 2 heterocycles. The van der Waals surface area contributed by atoms with Crippen LogP contribution in [-0.2, 0) is 7.05 Å². The molecule has 3 nitrogen and oxygen atoms in total. The van der Waals surface area contributed by atoms with Crippen LogP contribution in [0.25, 0.3) is 11.1 Å². The lowest BCUT2D eigenvalue weighted by atomic mass is 9.91. The van der Waals surface area contributed by atoms with Crippen LogP contribution in [0, 0.1) is 5.82 Å². The summed E-state index contributed by atoms with van der Waals surface area (Å²) < 4.78 is 16.7. The Kier molecular flexibility index (Phi) is 6.68. The topological polar surface area (TPSA) is 38.1 Å². The Morgan fingerprint density at radius 3 is 2.76 bits per heavy atom. The number of benzene rings is 1. The van der Waals surface area contributed by atoms with Crippen LogP contribution in [0.4, 0.5) is 4.39 Å². The molecule has 0 fully saturated rings. The molecule has 0 saturated heterocycles. The van der Waals surface area contributed by atoms with Crippen molar-refractivity contribution in [3.63, 3.8) is 0 Å². The molecule has 0 amide bonds. The quantitative estimate of drug-likeness (QED) is 0.471. The predicted octanol–water partition coefficient (Wildman–Crippen LogP) is 6.20. The molecule has 2 aromatic heterocycles. The van der Waals surface area contributed by atoms with Gasteiger partial charge in [0.1, 0.15) is 11.9 Å². The Morgan fingerprint density at radius 2 is 2.10 bits per heavy atom. The number of nitrogens with zero attached hydrogens (tertiary/aromatic N) is 2. The zero-order valence-electron chi connectivity index (χ0n) is 16.5. The van der Waals surface area contributed by atoms with Crippen LogP contribution >= 0.6 is 11.6 Å². The lowest BCUT2D eigenvalue weighted by Gasteiger charge is -2.18. The third-order valence-electron chi connectivity index (χ3n) is 4.92. The Hall–Kier alpha value is -2.69. The molecule has 3 rings (SSSR count). The van der Waals surface area contributed by atoms with Gasteiger partial charge in [0.05, 0.1) is 0 Å². The van der Waals surface area contributed by atoms with Crippen molar-refractivity contribution in [1.29, 1.82) is 0 Å². The van der Waals surface area contributed by atoms with Crippen molar-refractivity contribution in [3.8, 4) is 11.1 Å². The first-order chi connectivity index (χ1) is 13.9. The van der Waals surface area contributed by atoms with Gasteiger partial charge in [-0.05, 0) is 30.7 Å². The van der Waals surface area contributed by atoms with Crippen molar-refractivity contribution in [2.75, 3.05) is 0 Å². The maximum absolute atomic E-state index is 14.8. The van der Waals surface area contributed by atoms with Gasteiger partial charge in [-0.25, -0.2) is 4.39 Å². The van der Waals surface area contributed by atoms with E-state index in [9.17, 15) is 9.50 Å². The molecule has 0 bridgehead atoms. The zero-order valence-corrected chi connectivity index (χ0v) is 17.3. The molecule has 0 spiro atoms. The highest BCUT2D eigenvalue weighted by Crippen LogP contribution is 2.40. The van der Waals surface area contributed by atoms with E-state index in [2.05, 4.69) is 24.6 Å². The lowest BCUT2D eigenvalue weighted by Crippen LogP contribution is -2.08. The summed E-state index contributed by atoms with van der Waals surface area (Å²) in [4.78, 5) is 4.12. The molecule has 0 aliphatic rings. The number of halogens is 2. The Labute approximate surface area is 175 Å². The van der Waals surface area contributed by atoms with E-state index < -0.39 is 11.9 Å². The summed E-state index contributed by atoms with van der Waals surface area (Å²) in [5, 5.41) is 11.6. The first-order valence-electron chi connectivity index (χ1n) is 9.44. The van der Waals surface area contributed by atoms with Crippen LogP contribution < -0.4 is 0 Å². The number of aliphatic hydroxyl groups excluding tert-OH is 1. The van der Waals surface area contributed by atoms with Crippen LogP contribution in [0.5, 0.6) is 0 Å². The standard InChI is InChI=1S/C24H24ClFN2O/c1-4-5-6-8-16(2)23-22(24(29)17-9-7-12-27-14-17)20(15-28(23)3)19-11-10-18(25)13-21(19)26/h4,6-16,24,29H,1,5H2,2-3H3/b8-6-. The molecule has 2 atom stereocenters. The second-order valence-electron chi connectivity index (χ2n) is 7.01. The molecule has 2 unspecified atom stereocenters. The fraction of sp³-hybridized carbons (Fsp3) is 0.208. The summed E-state index contributed by atoms with van der Waals surface area (Å²) in [5.74, 6) is -0.422. The molecule has 0 saturated carbocycles. The van der Waals surface area contributed by atoms with Crippen LogP contribution in [-0.4, -0.2) is 14.7 Å². The lowest BCUT2D eigenvalue weighted by molar-refractivity contribution is 0.219. The highest BCUT2D eigenvalue weighted by molar-refractivity contribution is 6.30. The van der Waals surface area contributed by atoms with E-state index in [0.29, 0.717) is 27.3 Å². The van der Waals surface area contributed by atoms with Gasteiger partial charge in [-0.15, -0.1) is 6.58 Å². The highest BCUT2D eigenvalue weighted by atomic mass is 35.5. The minimum absolute atomic E-state index is 0.00498. The van der Waals surface area contributed by atoms with Gasteiger partial charge in [0.15, 0.2) is 0 Å². The molecule has 1 N–H and O–H groups in total. The molecule has 0 aliphatic heterocycles. The Bertz CT molecular complexity index is 1030. The van der Waals surface area contributed by atoms with Gasteiger partial charge in [-0.2, -0.15) is 0 Å². The van der Waals surface area contributed by atoms with Gasteiger partial charge in [0.25, 0.3) is 0 Å². The van der Waals surface area contributed by atoms with Crippen molar-refractivity contribution in [2.45, 2.75) is 25.4 Å². The second kappa shape index (κ2) is 9.21. The van der Waals surface area contributed by atoms with E-state index in [0.717, 1.165) is 12.1 Å². The summed E-state index contributed by atoms with van der Waals surface area (Å²) in [6, 6.07) is 8.18. The second-order valence-corrected chi connectivity index (χ2v) is 7.44. The SMILES string of the molecule is C=CC/C=C\C(C)c1c(C(O)c2cccnc2)c(-c2ccc(Cl)cc2F)cn1C. The molecule has 0 radical (unpaired) electrons. The third-order valence-corrected chi connectivity index (χ3v) is 5.16. The maximum atomic E-state index is 14.8. The van der Waals surface area contributed by atoms with Crippen LogP contribution in [0.1, 0.15) is 42.2 Å². The number of rotatable bonds is 7. The van der Waals surface area contributed by atoms with E-state index in [1.54, 1.807) is 30.6 Å². The number of aromatic nitrogens is 2. The molecule has 5 heteroatoms. The average Bonchev–Trinajstić information content (AvgIpc) is 3.05. The van der Waals surface area contributed by atoms with Gasteiger partial charge in [-0.3, -0.25) is 4.98 Å². The minimum Gasteiger partial charge on any atom is -0.384 e.